The molecular weight excluding hydrogens is 307 g/mol. The average Bonchev–Trinajstić information content (AvgIpc) is 2.71. The van der Waals surface area contributed by atoms with Gasteiger partial charge in [-0.2, -0.15) is 0 Å². The Morgan fingerprint density at radius 2 is 1.79 bits per heavy atom. The lowest BCUT2D eigenvalue weighted by atomic mass is 9.77. The second-order valence-corrected chi connectivity index (χ2v) is 6.89. The van der Waals surface area contributed by atoms with Crippen LogP contribution in [0.2, 0.25) is 0 Å². The smallest absolute Gasteiger partial charge is 0.465 e. The normalized spacial score (nSPS) is 19.4. The minimum atomic E-state index is -0.539. The molecule has 0 bridgehead atoms. The topological polar surface area (TPSA) is 96.8 Å². The van der Waals surface area contributed by atoms with Crippen molar-refractivity contribution < 1.29 is 18.8 Å². The molecule has 1 aliphatic heterocycles. The Bertz CT molecular complexity index is 655. The summed E-state index contributed by atoms with van der Waals surface area (Å²) in [6.45, 7) is 8.20. The highest BCUT2D eigenvalue weighted by atomic mass is 16.7. The molecule has 6 nitrogen and oxygen atoms in total. The van der Waals surface area contributed by atoms with Gasteiger partial charge in [0, 0.05) is 12.2 Å². The summed E-state index contributed by atoms with van der Waals surface area (Å²) in [5.41, 5.74) is 13.2. The van der Waals surface area contributed by atoms with E-state index in [0.29, 0.717) is 11.3 Å². The molecular formula is C17H25BN2O4. The summed E-state index contributed by atoms with van der Waals surface area (Å²) in [4.78, 5) is 11.7. The van der Waals surface area contributed by atoms with Crippen LogP contribution in [0.5, 0.6) is 0 Å². The Balaban J connectivity index is 2.35. The molecule has 7 heteroatoms. The van der Waals surface area contributed by atoms with Crippen molar-refractivity contribution in [2.75, 3.05) is 19.4 Å². The summed E-state index contributed by atoms with van der Waals surface area (Å²) >= 11 is 0. The van der Waals surface area contributed by atoms with Gasteiger partial charge in [0.1, 0.15) is 0 Å². The number of carbonyl (C=O) groups is 1. The van der Waals surface area contributed by atoms with E-state index in [4.69, 9.17) is 25.5 Å². The van der Waals surface area contributed by atoms with Gasteiger partial charge in [0.2, 0.25) is 0 Å². The quantitative estimate of drug-likeness (QED) is 0.497. The minimum absolute atomic E-state index is 0.263. The lowest BCUT2D eigenvalue weighted by Gasteiger charge is -2.32. The van der Waals surface area contributed by atoms with Gasteiger partial charge in [-0.05, 0) is 56.9 Å². The number of ether oxygens (including phenoxy) is 1. The first kappa shape index (κ1) is 18.5. The van der Waals surface area contributed by atoms with Gasteiger partial charge in [-0.1, -0.05) is 6.08 Å². The standard InChI is InChI=1S/C17H25BN2O4/c1-16(2)17(3,4)24-18(23-16)13(10-19)7-11-6-12(15(21)22-5)9-14(20)8-11/h6-9H,10,19-20H2,1-5H3. The minimum Gasteiger partial charge on any atom is -0.465 e. The predicted octanol–water partition coefficient (Wildman–Crippen LogP) is 2.03. The van der Waals surface area contributed by atoms with Crippen molar-refractivity contribution in [1.29, 1.82) is 0 Å². The molecule has 4 N–H and O–H groups in total. The van der Waals surface area contributed by atoms with Crippen molar-refractivity contribution in [3.8, 4) is 0 Å². The highest BCUT2D eigenvalue weighted by molar-refractivity contribution is 6.55. The number of benzene rings is 1. The van der Waals surface area contributed by atoms with Crippen LogP contribution in [0.15, 0.2) is 23.7 Å². The van der Waals surface area contributed by atoms with E-state index in [1.807, 2.05) is 33.8 Å². The zero-order valence-corrected chi connectivity index (χ0v) is 14.9. The molecule has 0 spiro atoms. The summed E-state index contributed by atoms with van der Waals surface area (Å²) in [7, 11) is 0.791. The van der Waals surface area contributed by atoms with Crippen LogP contribution in [0.4, 0.5) is 5.69 Å². The van der Waals surface area contributed by atoms with E-state index in [1.165, 1.54) is 7.11 Å². The number of hydrogen-bond donors (Lipinski definition) is 2. The SMILES string of the molecule is COC(=O)c1cc(N)cc(C=C(CN)B2OC(C)(C)C(C)(C)O2)c1. The summed E-state index contributed by atoms with van der Waals surface area (Å²) in [5, 5.41) is 0. The largest absolute Gasteiger partial charge is 0.491 e. The highest BCUT2D eigenvalue weighted by Gasteiger charge is 2.52. The Morgan fingerprint density at radius 3 is 2.29 bits per heavy atom. The monoisotopic (exact) mass is 332 g/mol. The summed E-state index contributed by atoms with van der Waals surface area (Å²) < 4.78 is 16.8. The van der Waals surface area contributed by atoms with E-state index < -0.39 is 24.3 Å². The Hall–Kier alpha value is -1.83. The van der Waals surface area contributed by atoms with Crippen LogP contribution in [-0.4, -0.2) is 37.9 Å². The fourth-order valence-corrected chi connectivity index (χ4v) is 2.43. The van der Waals surface area contributed by atoms with Gasteiger partial charge in [0.05, 0.1) is 23.9 Å². The van der Waals surface area contributed by atoms with Gasteiger partial charge in [0.25, 0.3) is 0 Å². The maximum atomic E-state index is 11.7. The van der Waals surface area contributed by atoms with Crippen molar-refractivity contribution in [3.63, 3.8) is 0 Å². The molecule has 0 amide bonds. The molecule has 130 valence electrons. The van der Waals surface area contributed by atoms with Crippen molar-refractivity contribution in [2.45, 2.75) is 38.9 Å². The Kier molecular flexibility index (Phi) is 5.08. The van der Waals surface area contributed by atoms with Gasteiger partial charge in [0.15, 0.2) is 0 Å². The van der Waals surface area contributed by atoms with E-state index in [9.17, 15) is 4.79 Å². The molecule has 1 saturated heterocycles. The molecule has 2 rings (SSSR count). The second-order valence-electron chi connectivity index (χ2n) is 6.89. The first-order valence-corrected chi connectivity index (χ1v) is 7.84. The van der Waals surface area contributed by atoms with Crippen molar-refractivity contribution in [3.05, 3.63) is 34.8 Å². The van der Waals surface area contributed by atoms with Gasteiger partial charge < -0.3 is 25.5 Å². The molecule has 0 radical (unpaired) electrons. The third kappa shape index (κ3) is 3.63. The molecule has 0 unspecified atom stereocenters. The Morgan fingerprint density at radius 1 is 1.21 bits per heavy atom. The first-order valence-electron chi connectivity index (χ1n) is 7.84. The molecule has 0 aliphatic carbocycles. The predicted molar refractivity (Wildman–Crippen MR) is 95.3 cm³/mol. The zero-order valence-electron chi connectivity index (χ0n) is 14.9. The van der Waals surface area contributed by atoms with Crippen LogP contribution in [0, 0.1) is 0 Å². The molecule has 1 heterocycles. The van der Waals surface area contributed by atoms with Crippen molar-refractivity contribution in [2.24, 2.45) is 5.73 Å². The number of nitrogen functional groups attached to an aromatic ring is 1. The third-order valence-corrected chi connectivity index (χ3v) is 4.54. The molecule has 0 saturated carbocycles. The average molecular weight is 332 g/mol. The fourth-order valence-electron chi connectivity index (χ4n) is 2.43. The van der Waals surface area contributed by atoms with Crippen LogP contribution in [0.1, 0.15) is 43.6 Å². The summed E-state index contributed by atoms with van der Waals surface area (Å²) in [6.07, 6.45) is 1.84. The van der Waals surface area contributed by atoms with Gasteiger partial charge in [-0.25, -0.2) is 4.79 Å². The molecule has 1 aliphatic rings. The van der Waals surface area contributed by atoms with Crippen LogP contribution in [0.25, 0.3) is 6.08 Å². The molecule has 1 aromatic rings. The van der Waals surface area contributed by atoms with Gasteiger partial charge in [-0.15, -0.1) is 0 Å². The van der Waals surface area contributed by atoms with Crippen LogP contribution in [0.3, 0.4) is 0 Å². The van der Waals surface area contributed by atoms with Gasteiger partial charge >= 0.3 is 13.1 Å². The third-order valence-electron chi connectivity index (χ3n) is 4.54. The number of carbonyl (C=O) groups excluding carboxylic acids is 1. The van der Waals surface area contributed by atoms with Crippen LogP contribution >= 0.6 is 0 Å². The fraction of sp³-hybridized carbons (Fsp3) is 0.471. The lowest BCUT2D eigenvalue weighted by molar-refractivity contribution is 0.00578. The number of anilines is 1. The van der Waals surface area contributed by atoms with Gasteiger partial charge in [-0.3, -0.25) is 0 Å². The van der Waals surface area contributed by atoms with E-state index in [0.717, 1.165) is 11.0 Å². The maximum absolute atomic E-state index is 11.7. The molecule has 0 atom stereocenters. The van der Waals surface area contributed by atoms with Crippen molar-refractivity contribution >= 4 is 24.9 Å². The number of rotatable bonds is 4. The lowest BCUT2D eigenvalue weighted by Crippen LogP contribution is -2.41. The van der Waals surface area contributed by atoms with E-state index in [1.54, 1.807) is 18.2 Å². The van der Waals surface area contributed by atoms with Crippen LogP contribution < -0.4 is 11.5 Å². The zero-order chi connectivity index (χ0) is 18.1. The number of hydrogen-bond acceptors (Lipinski definition) is 6. The number of nitrogens with two attached hydrogens (primary N) is 2. The maximum Gasteiger partial charge on any atom is 0.491 e. The van der Waals surface area contributed by atoms with E-state index in [2.05, 4.69) is 0 Å². The van der Waals surface area contributed by atoms with Crippen molar-refractivity contribution in [1.82, 2.24) is 0 Å². The molecule has 1 fully saturated rings. The first-order chi connectivity index (χ1) is 11.1. The molecule has 0 aromatic heterocycles. The van der Waals surface area contributed by atoms with E-state index in [-0.39, 0.29) is 6.54 Å². The Labute approximate surface area is 143 Å². The number of methoxy groups -OCH3 is 1. The second kappa shape index (κ2) is 6.59. The number of esters is 1. The molecule has 24 heavy (non-hydrogen) atoms. The summed E-state index contributed by atoms with van der Waals surface area (Å²) in [5.74, 6) is -0.443. The van der Waals surface area contributed by atoms with Crippen LogP contribution in [-0.2, 0) is 14.0 Å². The van der Waals surface area contributed by atoms with E-state index >= 15 is 0 Å². The molecule has 1 aromatic carbocycles. The highest BCUT2D eigenvalue weighted by Crippen LogP contribution is 2.38. The summed E-state index contributed by atoms with van der Waals surface area (Å²) in [6, 6.07) is 5.02.